The highest BCUT2D eigenvalue weighted by Gasteiger charge is 2.36. The summed E-state index contributed by atoms with van der Waals surface area (Å²) in [6.07, 6.45) is 4.69. The standard InChI is InChI=1S/C22H20ClFN4O/c1-4-19(29)28-13(2)12-27-22(14(28)3)20(15-7-9-25-10-8-15)21(26-27)17-6-5-16(23)11-18(17)24/h4-11,13-14H,1,12H2,2-3H3/t13-,14?/m1/s1. The molecule has 2 aromatic heterocycles. The lowest BCUT2D eigenvalue weighted by Crippen LogP contribution is -2.46. The molecule has 1 amide bonds. The van der Waals surface area contributed by atoms with Gasteiger partial charge in [0, 0.05) is 34.6 Å². The smallest absolute Gasteiger partial charge is 0.246 e. The van der Waals surface area contributed by atoms with E-state index < -0.39 is 5.82 Å². The van der Waals surface area contributed by atoms with E-state index in [4.69, 9.17) is 16.7 Å². The molecule has 0 saturated carbocycles. The molecule has 29 heavy (non-hydrogen) atoms. The SMILES string of the molecule is C=CC(=O)N1C(C)c2c(-c3ccncc3)c(-c3ccc(Cl)cc3F)nn2C[C@H]1C. The van der Waals surface area contributed by atoms with Gasteiger partial charge in [0.15, 0.2) is 0 Å². The summed E-state index contributed by atoms with van der Waals surface area (Å²) in [5, 5.41) is 5.08. The fourth-order valence-corrected chi connectivity index (χ4v) is 4.24. The van der Waals surface area contributed by atoms with E-state index in [0.29, 0.717) is 22.8 Å². The number of nitrogens with zero attached hydrogens (tertiary/aromatic N) is 4. The third kappa shape index (κ3) is 3.23. The molecule has 4 rings (SSSR count). The van der Waals surface area contributed by atoms with Gasteiger partial charge in [-0.25, -0.2) is 4.39 Å². The predicted molar refractivity (Wildman–Crippen MR) is 111 cm³/mol. The monoisotopic (exact) mass is 410 g/mol. The van der Waals surface area contributed by atoms with Crippen LogP contribution in [0, 0.1) is 5.82 Å². The second-order valence-corrected chi connectivity index (χ2v) is 7.56. The number of carbonyl (C=O) groups is 1. The zero-order valence-electron chi connectivity index (χ0n) is 16.1. The van der Waals surface area contributed by atoms with E-state index in [0.717, 1.165) is 16.8 Å². The summed E-state index contributed by atoms with van der Waals surface area (Å²) in [4.78, 5) is 18.4. The largest absolute Gasteiger partial charge is 0.326 e. The molecular weight excluding hydrogens is 391 g/mol. The molecule has 5 nitrogen and oxygen atoms in total. The Hall–Kier alpha value is -2.99. The van der Waals surface area contributed by atoms with Gasteiger partial charge in [-0.05, 0) is 55.8 Å². The maximum atomic E-state index is 14.8. The molecule has 148 valence electrons. The van der Waals surface area contributed by atoms with Gasteiger partial charge in [-0.1, -0.05) is 18.2 Å². The van der Waals surface area contributed by atoms with Crippen LogP contribution in [0.4, 0.5) is 4.39 Å². The van der Waals surface area contributed by atoms with Crippen LogP contribution in [0.1, 0.15) is 25.6 Å². The van der Waals surface area contributed by atoms with Gasteiger partial charge in [-0.2, -0.15) is 5.10 Å². The molecule has 3 heterocycles. The molecule has 1 aliphatic heterocycles. The van der Waals surface area contributed by atoms with Crippen molar-refractivity contribution >= 4 is 17.5 Å². The van der Waals surface area contributed by atoms with Crippen molar-refractivity contribution in [3.05, 3.63) is 71.9 Å². The third-order valence-electron chi connectivity index (χ3n) is 5.30. The Labute approximate surface area is 173 Å². The van der Waals surface area contributed by atoms with Gasteiger partial charge >= 0.3 is 0 Å². The van der Waals surface area contributed by atoms with Crippen molar-refractivity contribution in [1.29, 1.82) is 0 Å². The molecule has 0 saturated heterocycles. The van der Waals surface area contributed by atoms with Gasteiger partial charge in [-0.3, -0.25) is 14.5 Å². The summed E-state index contributed by atoms with van der Waals surface area (Å²) in [5.41, 5.74) is 3.39. The van der Waals surface area contributed by atoms with Crippen LogP contribution in [0.2, 0.25) is 5.02 Å². The summed E-state index contributed by atoms with van der Waals surface area (Å²) < 4.78 is 16.7. The molecule has 7 heteroatoms. The predicted octanol–water partition coefficient (Wildman–Crippen LogP) is 4.88. The number of amides is 1. The highest BCUT2D eigenvalue weighted by atomic mass is 35.5. The highest BCUT2D eigenvalue weighted by molar-refractivity contribution is 6.30. The quantitative estimate of drug-likeness (QED) is 0.578. The van der Waals surface area contributed by atoms with Crippen molar-refractivity contribution in [1.82, 2.24) is 19.7 Å². The van der Waals surface area contributed by atoms with E-state index >= 15 is 0 Å². The Morgan fingerprint density at radius 3 is 2.66 bits per heavy atom. The van der Waals surface area contributed by atoms with Crippen LogP contribution >= 0.6 is 11.6 Å². The van der Waals surface area contributed by atoms with Crippen molar-refractivity contribution in [2.24, 2.45) is 0 Å². The van der Waals surface area contributed by atoms with Gasteiger partial charge in [0.2, 0.25) is 5.91 Å². The van der Waals surface area contributed by atoms with Gasteiger partial charge in [0.25, 0.3) is 0 Å². The topological polar surface area (TPSA) is 51.0 Å². The fraction of sp³-hybridized carbons (Fsp3) is 0.227. The number of pyridine rings is 1. The van der Waals surface area contributed by atoms with Crippen LogP contribution < -0.4 is 0 Å². The zero-order chi connectivity index (χ0) is 20.7. The summed E-state index contributed by atoms with van der Waals surface area (Å²) in [6, 6.07) is 7.95. The second-order valence-electron chi connectivity index (χ2n) is 7.13. The van der Waals surface area contributed by atoms with Gasteiger partial charge in [-0.15, -0.1) is 0 Å². The summed E-state index contributed by atoms with van der Waals surface area (Å²) in [6.45, 7) is 8.06. The lowest BCUT2D eigenvalue weighted by molar-refractivity contribution is -0.131. The number of fused-ring (bicyclic) bond motifs is 1. The van der Waals surface area contributed by atoms with E-state index in [1.165, 1.54) is 12.1 Å². The maximum Gasteiger partial charge on any atom is 0.246 e. The molecule has 1 unspecified atom stereocenters. The van der Waals surface area contributed by atoms with Crippen molar-refractivity contribution in [2.45, 2.75) is 32.5 Å². The van der Waals surface area contributed by atoms with Crippen molar-refractivity contribution in [3.63, 3.8) is 0 Å². The molecule has 0 bridgehead atoms. The average Bonchev–Trinajstić information content (AvgIpc) is 3.07. The minimum atomic E-state index is -0.442. The number of hydrogen-bond acceptors (Lipinski definition) is 3. The van der Waals surface area contributed by atoms with Crippen LogP contribution in [0.15, 0.2) is 55.4 Å². The Morgan fingerprint density at radius 2 is 2.00 bits per heavy atom. The van der Waals surface area contributed by atoms with Crippen LogP contribution in [0.25, 0.3) is 22.4 Å². The molecular formula is C22H20ClFN4O. The first-order valence-electron chi connectivity index (χ1n) is 9.33. The van der Waals surface area contributed by atoms with Crippen molar-refractivity contribution in [2.75, 3.05) is 0 Å². The van der Waals surface area contributed by atoms with Crippen molar-refractivity contribution < 1.29 is 9.18 Å². The number of halogens is 2. The number of aromatic nitrogens is 3. The number of carbonyl (C=O) groups excluding carboxylic acids is 1. The molecule has 1 aromatic carbocycles. The van der Waals surface area contributed by atoms with E-state index in [9.17, 15) is 9.18 Å². The van der Waals surface area contributed by atoms with Crippen LogP contribution in [-0.2, 0) is 11.3 Å². The number of rotatable bonds is 3. The summed E-state index contributed by atoms with van der Waals surface area (Å²) >= 11 is 5.95. The van der Waals surface area contributed by atoms with E-state index in [2.05, 4.69) is 11.6 Å². The number of benzene rings is 1. The molecule has 0 N–H and O–H groups in total. The van der Waals surface area contributed by atoms with E-state index in [1.54, 1.807) is 29.4 Å². The lowest BCUT2D eigenvalue weighted by Gasteiger charge is -2.39. The average molecular weight is 411 g/mol. The first-order valence-corrected chi connectivity index (χ1v) is 9.71. The fourth-order valence-electron chi connectivity index (χ4n) is 4.08. The van der Waals surface area contributed by atoms with Crippen molar-refractivity contribution in [3.8, 4) is 22.4 Å². The third-order valence-corrected chi connectivity index (χ3v) is 5.54. The first kappa shape index (κ1) is 19.3. The Balaban J connectivity index is 1.99. The van der Waals surface area contributed by atoms with Crippen LogP contribution in [0.3, 0.4) is 0 Å². The molecule has 0 spiro atoms. The van der Waals surface area contributed by atoms with Gasteiger partial charge in [0.1, 0.15) is 11.5 Å². The molecule has 0 fully saturated rings. The first-order chi connectivity index (χ1) is 13.9. The summed E-state index contributed by atoms with van der Waals surface area (Å²) in [5.74, 6) is -0.583. The minimum Gasteiger partial charge on any atom is -0.326 e. The maximum absolute atomic E-state index is 14.8. The van der Waals surface area contributed by atoms with Gasteiger partial charge < -0.3 is 4.90 Å². The molecule has 1 aliphatic rings. The van der Waals surface area contributed by atoms with E-state index in [1.807, 2.05) is 30.7 Å². The second kappa shape index (κ2) is 7.44. The van der Waals surface area contributed by atoms with Gasteiger partial charge in [0.05, 0.1) is 18.3 Å². The Morgan fingerprint density at radius 1 is 1.28 bits per heavy atom. The normalized spacial score (nSPS) is 18.4. The highest BCUT2D eigenvalue weighted by Crippen LogP contribution is 2.42. The number of hydrogen-bond donors (Lipinski definition) is 0. The Kier molecular flexibility index (Phi) is 4.96. The molecule has 3 aromatic rings. The lowest BCUT2D eigenvalue weighted by atomic mass is 9.94. The van der Waals surface area contributed by atoms with E-state index in [-0.39, 0.29) is 18.0 Å². The Bertz CT molecular complexity index is 1100. The summed E-state index contributed by atoms with van der Waals surface area (Å²) in [7, 11) is 0. The minimum absolute atomic E-state index is 0.0731. The molecule has 0 aliphatic carbocycles. The zero-order valence-corrected chi connectivity index (χ0v) is 16.9. The molecule has 0 radical (unpaired) electrons. The molecule has 2 atom stereocenters. The van der Waals surface area contributed by atoms with Crippen LogP contribution in [-0.4, -0.2) is 31.6 Å². The van der Waals surface area contributed by atoms with Crippen LogP contribution in [0.5, 0.6) is 0 Å².